The summed E-state index contributed by atoms with van der Waals surface area (Å²) in [5.41, 5.74) is -0.559. The molecule has 0 aromatic carbocycles. The van der Waals surface area contributed by atoms with Crippen LogP contribution in [0.15, 0.2) is 0 Å². The summed E-state index contributed by atoms with van der Waals surface area (Å²) in [6.45, 7) is 3.35. The molecule has 1 aliphatic rings. The molecule has 0 bridgehead atoms. The minimum Gasteiger partial charge on any atom is -0.450 e. The summed E-state index contributed by atoms with van der Waals surface area (Å²) in [7, 11) is 0. The van der Waals surface area contributed by atoms with Crippen LogP contribution in [0.25, 0.3) is 0 Å². The predicted molar refractivity (Wildman–Crippen MR) is 39.6 cm³/mol. The van der Waals surface area contributed by atoms with Crippen LogP contribution in [0.2, 0.25) is 0 Å². The molecule has 74 valence electrons. The number of ether oxygens (including phenoxy) is 2. The smallest absolute Gasteiger partial charge is 0.450 e. The van der Waals surface area contributed by atoms with Gasteiger partial charge in [0, 0.05) is 5.41 Å². The monoisotopic (exact) mass is 190 g/mol. The van der Waals surface area contributed by atoms with Crippen molar-refractivity contribution in [2.24, 2.45) is 5.41 Å². The van der Waals surface area contributed by atoms with Gasteiger partial charge < -0.3 is 19.7 Å². The number of rotatable bonds is 2. The molecule has 0 amide bonds. The van der Waals surface area contributed by atoms with Crippen LogP contribution in [0.5, 0.6) is 0 Å². The standard InChI is InChI=1S/C7H10O6/c1-7(2)3(12-5(8)9)4(7)13-6(10)11/h3-4H,1-2H3,(H,8,9)(H,10,11)/t3-,4-/m0/s1. The zero-order valence-corrected chi connectivity index (χ0v) is 7.18. The number of hydrogen-bond donors (Lipinski definition) is 2. The molecule has 0 aromatic rings. The highest BCUT2D eigenvalue weighted by Gasteiger charge is 2.64. The third kappa shape index (κ3) is 1.82. The summed E-state index contributed by atoms with van der Waals surface area (Å²) in [5, 5.41) is 16.6. The van der Waals surface area contributed by atoms with Crippen molar-refractivity contribution in [1.29, 1.82) is 0 Å². The van der Waals surface area contributed by atoms with E-state index in [0.717, 1.165) is 0 Å². The maximum absolute atomic E-state index is 10.1. The zero-order valence-electron chi connectivity index (χ0n) is 7.18. The highest BCUT2D eigenvalue weighted by molar-refractivity contribution is 5.60. The maximum atomic E-state index is 10.1. The van der Waals surface area contributed by atoms with Gasteiger partial charge in [0.15, 0.2) is 12.2 Å². The molecule has 0 unspecified atom stereocenters. The fourth-order valence-corrected chi connectivity index (χ4v) is 1.19. The lowest BCUT2D eigenvalue weighted by atomic mass is 10.2. The zero-order chi connectivity index (χ0) is 10.2. The second-order valence-corrected chi connectivity index (χ2v) is 3.43. The first-order chi connectivity index (χ1) is 5.85. The normalized spacial score (nSPS) is 29.1. The lowest BCUT2D eigenvalue weighted by Gasteiger charge is -1.98. The molecule has 1 fully saturated rings. The molecule has 2 N–H and O–H groups in total. The Labute approximate surface area is 74.1 Å². The Morgan fingerprint density at radius 1 is 1.08 bits per heavy atom. The molecule has 0 saturated heterocycles. The lowest BCUT2D eigenvalue weighted by molar-refractivity contribution is 0.0444. The third-order valence-electron chi connectivity index (χ3n) is 2.09. The van der Waals surface area contributed by atoms with E-state index < -0.39 is 29.9 Å². The summed E-state index contributed by atoms with van der Waals surface area (Å²) in [5.74, 6) is 0. The van der Waals surface area contributed by atoms with Crippen LogP contribution >= 0.6 is 0 Å². The van der Waals surface area contributed by atoms with Gasteiger partial charge in [0.25, 0.3) is 0 Å². The SMILES string of the molecule is CC1(C)[C@@H](OC(=O)O)[C@@H]1OC(=O)O. The quantitative estimate of drug-likeness (QED) is 0.634. The highest BCUT2D eigenvalue weighted by atomic mass is 16.7. The van der Waals surface area contributed by atoms with Crippen molar-refractivity contribution in [3.8, 4) is 0 Å². The van der Waals surface area contributed by atoms with E-state index in [2.05, 4.69) is 9.47 Å². The molecular weight excluding hydrogens is 180 g/mol. The van der Waals surface area contributed by atoms with Crippen LogP contribution in [-0.4, -0.2) is 34.7 Å². The Balaban J connectivity index is 2.50. The minimum absolute atomic E-state index is 0.559. The molecule has 13 heavy (non-hydrogen) atoms. The highest BCUT2D eigenvalue weighted by Crippen LogP contribution is 2.50. The first-order valence-electron chi connectivity index (χ1n) is 3.65. The number of carbonyl (C=O) groups is 2. The second-order valence-electron chi connectivity index (χ2n) is 3.43. The minimum atomic E-state index is -1.42. The fraction of sp³-hybridized carbons (Fsp3) is 0.714. The van der Waals surface area contributed by atoms with Gasteiger partial charge in [-0.1, -0.05) is 13.8 Å². The second kappa shape index (κ2) is 2.79. The maximum Gasteiger partial charge on any atom is 0.506 e. The topological polar surface area (TPSA) is 93.1 Å². The molecule has 0 heterocycles. The Kier molecular flexibility index (Phi) is 2.07. The van der Waals surface area contributed by atoms with Gasteiger partial charge in [-0.2, -0.15) is 0 Å². The van der Waals surface area contributed by atoms with E-state index in [-0.39, 0.29) is 0 Å². The van der Waals surface area contributed by atoms with E-state index in [1.807, 2.05) is 0 Å². The largest absolute Gasteiger partial charge is 0.506 e. The Hall–Kier alpha value is -1.46. The Morgan fingerprint density at radius 2 is 1.38 bits per heavy atom. The van der Waals surface area contributed by atoms with E-state index in [1.54, 1.807) is 13.8 Å². The number of hydrogen-bond acceptors (Lipinski definition) is 4. The van der Waals surface area contributed by atoms with Crippen molar-refractivity contribution in [2.75, 3.05) is 0 Å². The van der Waals surface area contributed by atoms with Crippen LogP contribution in [-0.2, 0) is 9.47 Å². The van der Waals surface area contributed by atoms with Crippen molar-refractivity contribution < 1.29 is 29.3 Å². The van der Waals surface area contributed by atoms with Crippen LogP contribution in [0.1, 0.15) is 13.8 Å². The summed E-state index contributed by atoms with van der Waals surface area (Å²) < 4.78 is 8.84. The summed E-state index contributed by atoms with van der Waals surface area (Å²) in [6, 6.07) is 0. The van der Waals surface area contributed by atoms with Crippen molar-refractivity contribution in [2.45, 2.75) is 26.1 Å². The van der Waals surface area contributed by atoms with Gasteiger partial charge >= 0.3 is 12.3 Å². The fourth-order valence-electron chi connectivity index (χ4n) is 1.19. The van der Waals surface area contributed by atoms with Gasteiger partial charge in [0.05, 0.1) is 0 Å². The molecule has 1 saturated carbocycles. The van der Waals surface area contributed by atoms with Crippen molar-refractivity contribution >= 4 is 12.3 Å². The van der Waals surface area contributed by atoms with E-state index in [4.69, 9.17) is 10.2 Å². The molecule has 1 aliphatic carbocycles. The Morgan fingerprint density at radius 3 is 1.62 bits per heavy atom. The Bertz CT molecular complexity index is 221. The van der Waals surface area contributed by atoms with Crippen molar-refractivity contribution in [3.05, 3.63) is 0 Å². The average molecular weight is 190 g/mol. The van der Waals surface area contributed by atoms with E-state index in [9.17, 15) is 9.59 Å². The molecule has 2 atom stereocenters. The summed E-state index contributed by atoms with van der Waals surface area (Å²) >= 11 is 0. The van der Waals surface area contributed by atoms with Crippen molar-refractivity contribution in [3.63, 3.8) is 0 Å². The molecule has 1 rings (SSSR count). The van der Waals surface area contributed by atoms with Crippen LogP contribution in [0.4, 0.5) is 9.59 Å². The van der Waals surface area contributed by atoms with Gasteiger partial charge in [-0.3, -0.25) is 0 Å². The van der Waals surface area contributed by atoms with Crippen LogP contribution < -0.4 is 0 Å². The molecule has 6 nitrogen and oxygen atoms in total. The first kappa shape index (κ1) is 9.63. The van der Waals surface area contributed by atoms with Crippen LogP contribution in [0.3, 0.4) is 0 Å². The molecule has 0 spiro atoms. The molecule has 0 radical (unpaired) electrons. The van der Waals surface area contributed by atoms with Gasteiger partial charge in [0.1, 0.15) is 0 Å². The van der Waals surface area contributed by atoms with Gasteiger partial charge in [-0.25, -0.2) is 9.59 Å². The van der Waals surface area contributed by atoms with Gasteiger partial charge in [-0.05, 0) is 0 Å². The third-order valence-corrected chi connectivity index (χ3v) is 2.09. The first-order valence-corrected chi connectivity index (χ1v) is 3.65. The van der Waals surface area contributed by atoms with E-state index in [0.29, 0.717) is 0 Å². The van der Waals surface area contributed by atoms with Crippen LogP contribution in [0, 0.1) is 5.41 Å². The molecule has 0 aromatic heterocycles. The van der Waals surface area contributed by atoms with Gasteiger partial charge in [0.2, 0.25) is 0 Å². The predicted octanol–water partition coefficient (Wildman–Crippen LogP) is 1.15. The number of carboxylic acid groups (broad SMARTS) is 2. The summed E-state index contributed by atoms with van der Waals surface area (Å²) in [6.07, 6.45) is -4.23. The van der Waals surface area contributed by atoms with Crippen molar-refractivity contribution in [1.82, 2.24) is 0 Å². The summed E-state index contributed by atoms with van der Waals surface area (Å²) in [4.78, 5) is 20.3. The molecule has 0 aliphatic heterocycles. The van der Waals surface area contributed by atoms with E-state index >= 15 is 0 Å². The van der Waals surface area contributed by atoms with Gasteiger partial charge in [-0.15, -0.1) is 0 Å². The molecule has 6 heteroatoms. The lowest BCUT2D eigenvalue weighted by Crippen LogP contribution is -2.10. The average Bonchev–Trinajstić information content (AvgIpc) is 2.36. The van der Waals surface area contributed by atoms with E-state index in [1.165, 1.54) is 0 Å². The molecular formula is C7H10O6.